The number of carbonyl (C=O) groups excluding carboxylic acids is 2. The molecule has 1 aromatic heterocycles. The first kappa shape index (κ1) is 24.7. The number of nitrogens with one attached hydrogen (secondary N) is 1. The zero-order chi connectivity index (χ0) is 25.0. The number of amides is 1. The quantitative estimate of drug-likeness (QED) is 0.252. The Labute approximate surface area is 205 Å². The van der Waals surface area contributed by atoms with Gasteiger partial charge in [0.25, 0.3) is 0 Å². The van der Waals surface area contributed by atoms with Crippen molar-refractivity contribution in [2.45, 2.75) is 46.6 Å². The molecule has 3 aromatic rings. The highest BCUT2D eigenvalue weighted by atomic mass is 16.5. The standard InChI is InChI=1S/C28H32N2O5/c1-4-34-27(32)28(16-24(28)26(31)30-33)15-19-9-11-22(12-10-19)35-17-20-14-21(13-18(2)3)29-25-8-6-5-7-23(20)25/h5-12,14,18,24,33H,4,13,15-17H2,1-3H3,(H,30,31)/t24-,28+/m1/s1. The number of ether oxygens (including phenoxy) is 2. The molecule has 0 unspecified atom stereocenters. The minimum absolute atomic E-state index is 0.239. The molecule has 1 heterocycles. The lowest BCUT2D eigenvalue weighted by Gasteiger charge is -2.16. The fraction of sp³-hybridized carbons (Fsp3) is 0.393. The van der Waals surface area contributed by atoms with Crippen LogP contribution in [0.15, 0.2) is 54.6 Å². The molecule has 2 atom stereocenters. The molecule has 0 spiro atoms. The summed E-state index contributed by atoms with van der Waals surface area (Å²) in [5.41, 5.74) is 4.74. The van der Waals surface area contributed by atoms with Crippen LogP contribution in [0.3, 0.4) is 0 Å². The Morgan fingerprint density at radius 1 is 1.17 bits per heavy atom. The first-order valence-electron chi connectivity index (χ1n) is 12.1. The fourth-order valence-corrected chi connectivity index (χ4v) is 4.67. The SMILES string of the molecule is CCOC(=O)[C@@]1(Cc2ccc(OCc3cc(CC(C)C)nc4ccccc34)cc2)C[C@@H]1C(=O)NO. The molecule has 1 fully saturated rings. The van der Waals surface area contributed by atoms with Crippen LogP contribution in [0.1, 0.15) is 44.0 Å². The highest BCUT2D eigenvalue weighted by Gasteiger charge is 2.64. The van der Waals surface area contributed by atoms with Gasteiger partial charge in [0.1, 0.15) is 12.4 Å². The maximum absolute atomic E-state index is 12.6. The summed E-state index contributed by atoms with van der Waals surface area (Å²) in [5, 5.41) is 10.1. The van der Waals surface area contributed by atoms with E-state index >= 15 is 0 Å². The Hall–Kier alpha value is -3.45. The van der Waals surface area contributed by atoms with E-state index in [1.54, 1.807) is 12.4 Å². The third-order valence-electron chi connectivity index (χ3n) is 6.49. The molecular weight excluding hydrogens is 444 g/mol. The summed E-state index contributed by atoms with van der Waals surface area (Å²) < 4.78 is 11.3. The highest BCUT2D eigenvalue weighted by molar-refractivity contribution is 5.93. The van der Waals surface area contributed by atoms with E-state index in [0.717, 1.165) is 34.1 Å². The maximum Gasteiger partial charge on any atom is 0.313 e. The number of rotatable bonds is 10. The molecule has 0 saturated heterocycles. The average molecular weight is 477 g/mol. The highest BCUT2D eigenvalue weighted by Crippen LogP contribution is 2.56. The molecule has 7 nitrogen and oxygen atoms in total. The van der Waals surface area contributed by atoms with Crippen molar-refractivity contribution < 1.29 is 24.3 Å². The van der Waals surface area contributed by atoms with Gasteiger partial charge in [0.05, 0.1) is 23.5 Å². The van der Waals surface area contributed by atoms with E-state index in [-0.39, 0.29) is 6.61 Å². The maximum atomic E-state index is 12.6. The lowest BCUT2D eigenvalue weighted by molar-refractivity contribution is -0.152. The van der Waals surface area contributed by atoms with Crippen molar-refractivity contribution in [3.05, 3.63) is 71.4 Å². The first-order valence-corrected chi connectivity index (χ1v) is 12.1. The zero-order valence-corrected chi connectivity index (χ0v) is 20.4. The van der Waals surface area contributed by atoms with E-state index in [9.17, 15) is 9.59 Å². The van der Waals surface area contributed by atoms with Crippen molar-refractivity contribution in [1.82, 2.24) is 10.5 Å². The third kappa shape index (κ3) is 5.46. The topological polar surface area (TPSA) is 97.8 Å². The number of hydrogen-bond acceptors (Lipinski definition) is 6. The molecule has 7 heteroatoms. The number of aromatic nitrogens is 1. The molecule has 1 aliphatic carbocycles. The Morgan fingerprint density at radius 3 is 2.60 bits per heavy atom. The zero-order valence-electron chi connectivity index (χ0n) is 20.4. The number of pyridine rings is 1. The van der Waals surface area contributed by atoms with Gasteiger partial charge in [0.15, 0.2) is 0 Å². The predicted octanol–water partition coefficient (Wildman–Crippen LogP) is 4.63. The summed E-state index contributed by atoms with van der Waals surface area (Å²) in [6, 6.07) is 17.8. The van der Waals surface area contributed by atoms with Crippen LogP contribution in [0, 0.1) is 17.3 Å². The summed E-state index contributed by atoms with van der Waals surface area (Å²) >= 11 is 0. The largest absolute Gasteiger partial charge is 0.489 e. The Morgan fingerprint density at radius 2 is 1.91 bits per heavy atom. The van der Waals surface area contributed by atoms with Gasteiger partial charge in [-0.1, -0.05) is 44.2 Å². The van der Waals surface area contributed by atoms with Crippen LogP contribution >= 0.6 is 0 Å². The predicted molar refractivity (Wildman–Crippen MR) is 132 cm³/mol. The summed E-state index contributed by atoms with van der Waals surface area (Å²) in [6.07, 6.45) is 1.62. The van der Waals surface area contributed by atoms with Crippen LogP contribution in [-0.2, 0) is 33.8 Å². The fourth-order valence-electron chi connectivity index (χ4n) is 4.67. The van der Waals surface area contributed by atoms with Crippen molar-refractivity contribution in [1.29, 1.82) is 0 Å². The van der Waals surface area contributed by atoms with Gasteiger partial charge in [0, 0.05) is 16.6 Å². The second-order valence-corrected chi connectivity index (χ2v) is 9.61. The number of esters is 1. The van der Waals surface area contributed by atoms with E-state index in [4.69, 9.17) is 19.7 Å². The van der Waals surface area contributed by atoms with Crippen LogP contribution in [0.5, 0.6) is 5.75 Å². The molecule has 4 rings (SSSR count). The Bertz CT molecular complexity index is 1210. The number of para-hydroxylation sites is 1. The van der Waals surface area contributed by atoms with E-state index in [0.29, 0.717) is 31.1 Å². The summed E-state index contributed by atoms with van der Waals surface area (Å²) in [4.78, 5) is 29.3. The second kappa shape index (κ2) is 10.4. The van der Waals surface area contributed by atoms with Gasteiger partial charge in [-0.05, 0) is 61.9 Å². The van der Waals surface area contributed by atoms with Gasteiger partial charge in [-0.25, -0.2) is 5.48 Å². The van der Waals surface area contributed by atoms with E-state index in [1.807, 2.05) is 42.5 Å². The van der Waals surface area contributed by atoms with E-state index in [2.05, 4.69) is 26.0 Å². The van der Waals surface area contributed by atoms with Gasteiger partial charge >= 0.3 is 5.97 Å². The molecule has 0 bridgehead atoms. The molecule has 1 saturated carbocycles. The van der Waals surface area contributed by atoms with Gasteiger partial charge in [-0.15, -0.1) is 0 Å². The van der Waals surface area contributed by atoms with E-state index < -0.39 is 23.2 Å². The smallest absolute Gasteiger partial charge is 0.313 e. The van der Waals surface area contributed by atoms with Crippen LogP contribution in [0.2, 0.25) is 0 Å². The number of hydrogen-bond donors (Lipinski definition) is 2. The Balaban J connectivity index is 1.47. The lowest BCUT2D eigenvalue weighted by atomic mass is 9.93. The molecule has 1 aliphatic rings. The number of hydroxylamine groups is 1. The van der Waals surface area contributed by atoms with Gasteiger partial charge < -0.3 is 9.47 Å². The monoisotopic (exact) mass is 476 g/mol. The number of carbonyl (C=O) groups is 2. The van der Waals surface area contributed by atoms with Crippen molar-refractivity contribution in [2.75, 3.05) is 6.61 Å². The van der Waals surface area contributed by atoms with Crippen LogP contribution < -0.4 is 10.2 Å². The first-order chi connectivity index (χ1) is 16.9. The number of fused-ring (bicyclic) bond motifs is 1. The van der Waals surface area contributed by atoms with Crippen molar-refractivity contribution >= 4 is 22.8 Å². The molecule has 2 N–H and O–H groups in total. The third-order valence-corrected chi connectivity index (χ3v) is 6.49. The molecule has 2 aromatic carbocycles. The normalized spacial score (nSPS) is 18.9. The van der Waals surface area contributed by atoms with Gasteiger partial charge in [-0.3, -0.25) is 19.8 Å². The number of benzene rings is 2. The summed E-state index contributed by atoms with van der Waals surface area (Å²) in [6.45, 7) is 6.75. The van der Waals surface area contributed by atoms with Crippen LogP contribution in [-0.4, -0.2) is 28.7 Å². The molecule has 35 heavy (non-hydrogen) atoms. The summed E-state index contributed by atoms with van der Waals surface area (Å²) in [7, 11) is 0. The average Bonchev–Trinajstić information content (AvgIpc) is 3.58. The van der Waals surface area contributed by atoms with Crippen LogP contribution in [0.4, 0.5) is 0 Å². The molecule has 0 aliphatic heterocycles. The molecule has 1 amide bonds. The minimum atomic E-state index is -0.937. The van der Waals surface area contributed by atoms with Crippen molar-refractivity contribution in [3.63, 3.8) is 0 Å². The van der Waals surface area contributed by atoms with Crippen LogP contribution in [0.25, 0.3) is 10.9 Å². The van der Waals surface area contributed by atoms with Gasteiger partial charge in [-0.2, -0.15) is 0 Å². The van der Waals surface area contributed by atoms with Crippen molar-refractivity contribution in [3.8, 4) is 5.75 Å². The molecule has 184 valence electrons. The number of nitrogens with zero attached hydrogens (tertiary/aromatic N) is 1. The lowest BCUT2D eigenvalue weighted by Crippen LogP contribution is -2.30. The Kier molecular flexibility index (Phi) is 7.36. The summed E-state index contributed by atoms with van der Waals surface area (Å²) in [5.74, 6) is -0.333. The molecule has 0 radical (unpaired) electrons. The van der Waals surface area contributed by atoms with Crippen molar-refractivity contribution in [2.24, 2.45) is 17.3 Å². The second-order valence-electron chi connectivity index (χ2n) is 9.61. The minimum Gasteiger partial charge on any atom is -0.489 e. The van der Waals surface area contributed by atoms with E-state index in [1.165, 1.54) is 0 Å². The molecular formula is C28H32N2O5. The van der Waals surface area contributed by atoms with Gasteiger partial charge in [0.2, 0.25) is 5.91 Å².